The summed E-state index contributed by atoms with van der Waals surface area (Å²) in [6, 6.07) is 32.3. The molecule has 134 valence electrons. The summed E-state index contributed by atoms with van der Waals surface area (Å²) in [5, 5.41) is 0. The molecule has 0 radical (unpaired) electrons. The Bertz CT molecular complexity index is 701. The maximum atomic E-state index is 2.37. The number of hydrogen-bond donors (Lipinski definition) is 0. The summed E-state index contributed by atoms with van der Waals surface area (Å²) in [6.07, 6.45) is 9.35. The van der Waals surface area contributed by atoms with Gasteiger partial charge in [0, 0.05) is 0 Å². The molecule has 0 bridgehead atoms. The Labute approximate surface area is 161 Å². The molecule has 0 N–H and O–H groups in total. The van der Waals surface area contributed by atoms with Gasteiger partial charge in [0.05, 0.1) is 10.9 Å². The van der Waals surface area contributed by atoms with E-state index in [1.165, 1.54) is 41.9 Å². The van der Waals surface area contributed by atoms with Crippen molar-refractivity contribution in [3.63, 3.8) is 0 Å². The van der Waals surface area contributed by atoms with E-state index >= 15 is 0 Å². The Morgan fingerprint density at radius 2 is 1.04 bits per heavy atom. The van der Waals surface area contributed by atoms with Gasteiger partial charge in [-0.2, -0.15) is 0 Å². The average molecular weight is 362 g/mol. The van der Waals surface area contributed by atoms with E-state index in [0.29, 0.717) is 0 Å². The molecule has 0 aromatic heterocycles. The monoisotopic (exact) mass is 361 g/mol. The molecule has 3 aromatic carbocycles. The van der Waals surface area contributed by atoms with Crippen molar-refractivity contribution in [2.75, 3.05) is 6.26 Å². The maximum Gasteiger partial charge on any atom is 0.160 e. The van der Waals surface area contributed by atoms with Crippen LogP contribution in [0, 0.1) is 0 Å². The van der Waals surface area contributed by atoms with Crippen molar-refractivity contribution in [1.82, 2.24) is 0 Å². The number of hydrogen-bond acceptors (Lipinski definition) is 0. The van der Waals surface area contributed by atoms with Crippen LogP contribution in [0.3, 0.4) is 0 Å². The minimum atomic E-state index is 0.190. The first kappa shape index (κ1) is 18.8. The molecule has 3 aromatic rings. The summed E-state index contributed by atoms with van der Waals surface area (Å²) in [5.41, 5.74) is 1.55. The molecule has 1 aliphatic carbocycles. The quantitative estimate of drug-likeness (QED) is 0.437. The zero-order valence-electron chi connectivity index (χ0n) is 15.7. The third kappa shape index (κ3) is 5.51. The Morgan fingerprint density at radius 1 is 0.577 bits per heavy atom. The van der Waals surface area contributed by atoms with Crippen LogP contribution >= 0.6 is 0 Å². The van der Waals surface area contributed by atoms with Crippen LogP contribution in [0.4, 0.5) is 0 Å². The minimum absolute atomic E-state index is 0.190. The molecule has 1 unspecified atom stereocenters. The van der Waals surface area contributed by atoms with Gasteiger partial charge in [0.2, 0.25) is 0 Å². The van der Waals surface area contributed by atoms with Crippen LogP contribution in [-0.2, 0) is 10.9 Å². The fourth-order valence-electron chi connectivity index (χ4n) is 3.53. The molecular formula is C25H29S+. The Balaban J connectivity index is 0.000000278. The zero-order chi connectivity index (χ0) is 18.0. The molecule has 0 spiro atoms. The second-order valence-corrected chi connectivity index (χ2v) is 8.85. The molecule has 26 heavy (non-hydrogen) atoms. The molecule has 0 aliphatic heterocycles. The molecule has 0 amide bonds. The fraction of sp³-hybridized carbons (Fsp3) is 0.280. The highest BCUT2D eigenvalue weighted by Gasteiger charge is 2.20. The van der Waals surface area contributed by atoms with Gasteiger partial charge >= 0.3 is 0 Å². The zero-order valence-corrected chi connectivity index (χ0v) is 16.5. The molecule has 0 saturated heterocycles. The normalized spacial score (nSPS) is 15.6. The van der Waals surface area contributed by atoms with Crippen molar-refractivity contribution >= 4 is 10.9 Å². The highest BCUT2D eigenvalue weighted by atomic mass is 32.2. The van der Waals surface area contributed by atoms with Crippen molar-refractivity contribution < 1.29 is 0 Å². The topological polar surface area (TPSA) is 0 Å². The predicted molar refractivity (Wildman–Crippen MR) is 115 cm³/mol. The second kappa shape index (κ2) is 10.2. The van der Waals surface area contributed by atoms with Gasteiger partial charge in [-0.05, 0) is 48.6 Å². The standard InChI is InChI=1S/C19H23S.C6H6/c1-20(18-10-6-3-7-11-18)19-14-12-17(13-15-19)16-8-4-2-5-9-16;1-2-4-6-5-3-1/h3,6-7,10-16H,2,4-5,8-9H2,1H3;1-6H/q+1;. The highest BCUT2D eigenvalue weighted by Crippen LogP contribution is 2.33. The number of rotatable bonds is 3. The van der Waals surface area contributed by atoms with Gasteiger partial charge in [0.15, 0.2) is 9.79 Å². The van der Waals surface area contributed by atoms with Crippen LogP contribution in [-0.4, -0.2) is 6.26 Å². The van der Waals surface area contributed by atoms with Gasteiger partial charge in [-0.15, -0.1) is 0 Å². The van der Waals surface area contributed by atoms with Crippen molar-refractivity contribution in [3.05, 3.63) is 96.6 Å². The van der Waals surface area contributed by atoms with Crippen LogP contribution in [0.15, 0.2) is 101 Å². The first-order chi connectivity index (χ1) is 12.8. The Hall–Kier alpha value is -1.99. The van der Waals surface area contributed by atoms with Gasteiger partial charge in [-0.1, -0.05) is 86.0 Å². The van der Waals surface area contributed by atoms with Gasteiger partial charge in [0.25, 0.3) is 0 Å². The predicted octanol–water partition coefficient (Wildman–Crippen LogP) is 7.09. The third-order valence-electron chi connectivity index (χ3n) is 5.07. The van der Waals surface area contributed by atoms with Crippen molar-refractivity contribution in [2.24, 2.45) is 0 Å². The van der Waals surface area contributed by atoms with Crippen LogP contribution < -0.4 is 0 Å². The van der Waals surface area contributed by atoms with E-state index in [9.17, 15) is 0 Å². The Morgan fingerprint density at radius 3 is 1.58 bits per heavy atom. The molecule has 1 aliphatic rings. The fourth-order valence-corrected chi connectivity index (χ4v) is 4.91. The second-order valence-electron chi connectivity index (χ2n) is 6.88. The lowest BCUT2D eigenvalue weighted by Gasteiger charge is -2.21. The molecule has 1 fully saturated rings. The van der Waals surface area contributed by atoms with Crippen molar-refractivity contribution in [1.29, 1.82) is 0 Å². The molecule has 1 atom stereocenters. The molecule has 1 saturated carbocycles. The minimum Gasteiger partial charge on any atom is -0.0623 e. The summed E-state index contributed by atoms with van der Waals surface area (Å²) in [6.45, 7) is 0. The summed E-state index contributed by atoms with van der Waals surface area (Å²) in [5.74, 6) is 0.813. The van der Waals surface area contributed by atoms with Gasteiger partial charge < -0.3 is 0 Å². The largest absolute Gasteiger partial charge is 0.160 e. The molecule has 4 rings (SSSR count). The van der Waals surface area contributed by atoms with E-state index in [-0.39, 0.29) is 10.9 Å². The average Bonchev–Trinajstić information content (AvgIpc) is 2.76. The first-order valence-electron chi connectivity index (χ1n) is 9.65. The Kier molecular flexibility index (Phi) is 7.39. The van der Waals surface area contributed by atoms with Crippen molar-refractivity contribution in [2.45, 2.75) is 47.8 Å². The van der Waals surface area contributed by atoms with E-state index in [2.05, 4.69) is 60.9 Å². The summed E-state index contributed by atoms with van der Waals surface area (Å²) in [4.78, 5) is 2.88. The van der Waals surface area contributed by atoms with E-state index in [4.69, 9.17) is 0 Å². The van der Waals surface area contributed by atoms with E-state index in [0.717, 1.165) is 5.92 Å². The third-order valence-corrected chi connectivity index (χ3v) is 7.03. The summed E-state index contributed by atoms with van der Waals surface area (Å²) < 4.78 is 0. The summed E-state index contributed by atoms with van der Waals surface area (Å²) >= 11 is 0. The molecular weight excluding hydrogens is 332 g/mol. The molecule has 0 heterocycles. The van der Waals surface area contributed by atoms with Crippen LogP contribution in [0.25, 0.3) is 0 Å². The summed E-state index contributed by atoms with van der Waals surface area (Å²) in [7, 11) is 0.190. The van der Waals surface area contributed by atoms with Gasteiger partial charge in [-0.3, -0.25) is 0 Å². The van der Waals surface area contributed by atoms with E-state index in [1.54, 1.807) is 5.56 Å². The van der Waals surface area contributed by atoms with Gasteiger partial charge in [0.1, 0.15) is 6.26 Å². The van der Waals surface area contributed by atoms with Crippen molar-refractivity contribution in [3.8, 4) is 0 Å². The SMILES string of the molecule is C[S+](c1ccccc1)c1ccc(C2CCCCC2)cc1.c1ccccc1. The van der Waals surface area contributed by atoms with Gasteiger partial charge in [-0.25, -0.2) is 0 Å². The maximum absolute atomic E-state index is 2.37. The van der Waals surface area contributed by atoms with E-state index in [1.807, 2.05) is 36.4 Å². The highest BCUT2D eigenvalue weighted by molar-refractivity contribution is 7.96. The lowest BCUT2D eigenvalue weighted by atomic mass is 9.84. The van der Waals surface area contributed by atoms with E-state index < -0.39 is 0 Å². The lowest BCUT2D eigenvalue weighted by molar-refractivity contribution is 0.443. The van der Waals surface area contributed by atoms with Crippen LogP contribution in [0.2, 0.25) is 0 Å². The molecule has 1 heteroatoms. The van der Waals surface area contributed by atoms with Crippen LogP contribution in [0.1, 0.15) is 43.6 Å². The lowest BCUT2D eigenvalue weighted by Crippen LogP contribution is -2.05. The van der Waals surface area contributed by atoms with Crippen LogP contribution in [0.5, 0.6) is 0 Å². The molecule has 0 nitrogen and oxygen atoms in total. The number of benzene rings is 3. The smallest absolute Gasteiger partial charge is 0.0623 e. The first-order valence-corrected chi connectivity index (χ1v) is 11.3.